The zero-order valence-electron chi connectivity index (χ0n) is 9.91. The molecule has 0 aliphatic rings. The lowest BCUT2D eigenvalue weighted by Gasteiger charge is -2.25. The van der Waals surface area contributed by atoms with Crippen molar-refractivity contribution in [1.82, 2.24) is 9.97 Å². The molecule has 96 valence electrons. The van der Waals surface area contributed by atoms with E-state index in [-0.39, 0.29) is 17.8 Å². The number of alkyl halides is 3. The van der Waals surface area contributed by atoms with Crippen LogP contribution in [0.5, 0.6) is 0 Å². The summed E-state index contributed by atoms with van der Waals surface area (Å²) in [5, 5.41) is 0. The van der Waals surface area contributed by atoms with Crippen molar-refractivity contribution in [3.8, 4) is 0 Å². The molecule has 1 aromatic heterocycles. The van der Waals surface area contributed by atoms with E-state index in [4.69, 9.17) is 5.73 Å². The van der Waals surface area contributed by atoms with Crippen LogP contribution in [0, 0.1) is 0 Å². The molecule has 0 fully saturated rings. The summed E-state index contributed by atoms with van der Waals surface area (Å²) in [7, 11) is 1.68. The smallest absolute Gasteiger partial charge is 0.368 e. The van der Waals surface area contributed by atoms with Crippen LogP contribution < -0.4 is 10.6 Å². The Morgan fingerprint density at radius 3 is 2.47 bits per heavy atom. The molecule has 0 spiro atoms. The molecule has 17 heavy (non-hydrogen) atoms. The summed E-state index contributed by atoms with van der Waals surface area (Å²) in [6.45, 7) is 3.84. The summed E-state index contributed by atoms with van der Waals surface area (Å²) in [5.41, 5.74) is 4.27. The predicted molar refractivity (Wildman–Crippen MR) is 59.6 cm³/mol. The number of anilines is 2. The number of aromatic nitrogens is 2. The van der Waals surface area contributed by atoms with Gasteiger partial charge in [-0.1, -0.05) is 6.92 Å². The van der Waals surface area contributed by atoms with Gasteiger partial charge < -0.3 is 10.6 Å². The molecule has 0 radical (unpaired) electrons. The molecule has 1 rings (SSSR count). The van der Waals surface area contributed by atoms with Crippen molar-refractivity contribution in [2.75, 3.05) is 17.7 Å². The minimum atomic E-state index is -4.51. The fourth-order valence-electron chi connectivity index (χ4n) is 1.28. The van der Waals surface area contributed by atoms with Crippen molar-refractivity contribution in [2.24, 2.45) is 0 Å². The largest absolute Gasteiger partial charge is 0.433 e. The van der Waals surface area contributed by atoms with Gasteiger partial charge in [-0.3, -0.25) is 0 Å². The van der Waals surface area contributed by atoms with E-state index in [1.165, 1.54) is 0 Å². The lowest BCUT2D eigenvalue weighted by molar-refractivity contribution is -0.141. The molecular weight excluding hydrogens is 233 g/mol. The van der Waals surface area contributed by atoms with Crippen LogP contribution in [0.1, 0.15) is 26.0 Å². The Hall–Kier alpha value is -1.53. The van der Waals surface area contributed by atoms with Crippen LogP contribution in [0.15, 0.2) is 6.07 Å². The summed E-state index contributed by atoms with van der Waals surface area (Å²) in [4.78, 5) is 8.64. The van der Waals surface area contributed by atoms with E-state index < -0.39 is 11.9 Å². The van der Waals surface area contributed by atoms with E-state index in [0.717, 1.165) is 12.5 Å². The Morgan fingerprint density at radius 1 is 1.41 bits per heavy atom. The van der Waals surface area contributed by atoms with Crippen molar-refractivity contribution in [3.05, 3.63) is 11.8 Å². The molecule has 4 nitrogen and oxygen atoms in total. The SMILES string of the molecule is CCC(C)N(C)c1cc(C(F)(F)F)nc(N)n1. The zero-order chi connectivity index (χ0) is 13.2. The van der Waals surface area contributed by atoms with Crippen LogP contribution >= 0.6 is 0 Å². The van der Waals surface area contributed by atoms with Gasteiger partial charge in [-0.2, -0.15) is 18.2 Å². The Labute approximate surface area is 97.7 Å². The van der Waals surface area contributed by atoms with E-state index >= 15 is 0 Å². The summed E-state index contributed by atoms with van der Waals surface area (Å²) in [6.07, 6.45) is -3.72. The molecular formula is C10H15F3N4. The maximum atomic E-state index is 12.5. The monoisotopic (exact) mass is 248 g/mol. The van der Waals surface area contributed by atoms with Crippen LogP contribution in [0.4, 0.5) is 24.9 Å². The molecule has 0 saturated heterocycles. The first-order valence-electron chi connectivity index (χ1n) is 5.20. The number of rotatable bonds is 3. The normalized spacial score (nSPS) is 13.5. The topological polar surface area (TPSA) is 55.0 Å². The Morgan fingerprint density at radius 2 is 2.00 bits per heavy atom. The first-order valence-corrected chi connectivity index (χ1v) is 5.20. The molecule has 0 aromatic carbocycles. The van der Waals surface area contributed by atoms with Crippen molar-refractivity contribution in [1.29, 1.82) is 0 Å². The van der Waals surface area contributed by atoms with Gasteiger partial charge in [0.1, 0.15) is 5.82 Å². The average molecular weight is 248 g/mol. The molecule has 0 amide bonds. The van der Waals surface area contributed by atoms with Crippen LogP contribution in [-0.2, 0) is 6.18 Å². The molecule has 0 bridgehead atoms. The number of nitrogens with two attached hydrogens (primary N) is 1. The zero-order valence-corrected chi connectivity index (χ0v) is 9.91. The first kappa shape index (κ1) is 13.5. The highest BCUT2D eigenvalue weighted by Crippen LogP contribution is 2.30. The van der Waals surface area contributed by atoms with Gasteiger partial charge in [-0.05, 0) is 13.3 Å². The lowest BCUT2D eigenvalue weighted by atomic mass is 10.2. The minimum Gasteiger partial charge on any atom is -0.368 e. The van der Waals surface area contributed by atoms with E-state index in [1.807, 2.05) is 13.8 Å². The fourth-order valence-corrected chi connectivity index (χ4v) is 1.28. The maximum Gasteiger partial charge on any atom is 0.433 e. The van der Waals surface area contributed by atoms with Gasteiger partial charge in [0.25, 0.3) is 0 Å². The summed E-state index contributed by atoms with van der Waals surface area (Å²) >= 11 is 0. The molecule has 0 aliphatic heterocycles. The van der Waals surface area contributed by atoms with E-state index in [9.17, 15) is 13.2 Å². The van der Waals surface area contributed by atoms with Crippen molar-refractivity contribution in [3.63, 3.8) is 0 Å². The van der Waals surface area contributed by atoms with Gasteiger partial charge >= 0.3 is 6.18 Å². The number of hydrogen-bond acceptors (Lipinski definition) is 4. The van der Waals surface area contributed by atoms with Crippen LogP contribution in [0.25, 0.3) is 0 Å². The molecule has 1 heterocycles. The minimum absolute atomic E-state index is 0.0744. The van der Waals surface area contributed by atoms with E-state index in [1.54, 1.807) is 11.9 Å². The predicted octanol–water partition coefficient (Wildman–Crippen LogP) is 2.31. The maximum absolute atomic E-state index is 12.5. The standard InChI is InChI=1S/C10H15F3N4/c1-4-6(2)17(3)8-5-7(10(11,12)13)15-9(14)16-8/h5-6H,4H2,1-3H3,(H2,14,15,16). The molecule has 1 atom stereocenters. The summed E-state index contributed by atoms with van der Waals surface area (Å²) in [5.74, 6) is -0.191. The van der Waals surface area contributed by atoms with Crippen LogP contribution in [0.3, 0.4) is 0 Å². The lowest BCUT2D eigenvalue weighted by Crippen LogP contribution is -2.29. The Kier molecular flexibility index (Phi) is 3.79. The second-order valence-corrected chi connectivity index (χ2v) is 3.84. The van der Waals surface area contributed by atoms with Gasteiger partial charge in [0, 0.05) is 19.2 Å². The number of nitrogen functional groups attached to an aromatic ring is 1. The summed E-state index contributed by atoms with van der Waals surface area (Å²) in [6, 6.07) is 0.980. The number of nitrogens with zero attached hydrogens (tertiary/aromatic N) is 3. The first-order chi connectivity index (χ1) is 7.75. The Bertz CT molecular complexity index is 392. The fraction of sp³-hybridized carbons (Fsp3) is 0.600. The van der Waals surface area contributed by atoms with Gasteiger partial charge in [0.15, 0.2) is 5.69 Å². The second-order valence-electron chi connectivity index (χ2n) is 3.84. The van der Waals surface area contributed by atoms with Crippen LogP contribution in [0.2, 0.25) is 0 Å². The van der Waals surface area contributed by atoms with Gasteiger partial charge in [-0.15, -0.1) is 0 Å². The third-order valence-electron chi connectivity index (χ3n) is 2.63. The van der Waals surface area contributed by atoms with Gasteiger partial charge in [0.2, 0.25) is 5.95 Å². The average Bonchev–Trinajstić information content (AvgIpc) is 2.25. The number of hydrogen-bond donors (Lipinski definition) is 1. The van der Waals surface area contributed by atoms with E-state index in [0.29, 0.717) is 0 Å². The molecule has 0 saturated carbocycles. The van der Waals surface area contributed by atoms with Crippen LogP contribution in [-0.4, -0.2) is 23.1 Å². The third-order valence-corrected chi connectivity index (χ3v) is 2.63. The van der Waals surface area contributed by atoms with Gasteiger partial charge in [-0.25, -0.2) is 4.98 Å². The third kappa shape index (κ3) is 3.21. The molecule has 1 unspecified atom stereocenters. The van der Waals surface area contributed by atoms with Crippen molar-refractivity contribution < 1.29 is 13.2 Å². The van der Waals surface area contributed by atoms with Crippen molar-refractivity contribution in [2.45, 2.75) is 32.5 Å². The highest BCUT2D eigenvalue weighted by Gasteiger charge is 2.34. The molecule has 0 aliphatic carbocycles. The number of halogens is 3. The second kappa shape index (κ2) is 4.77. The van der Waals surface area contributed by atoms with E-state index in [2.05, 4.69) is 9.97 Å². The van der Waals surface area contributed by atoms with Crippen molar-refractivity contribution >= 4 is 11.8 Å². The quantitative estimate of drug-likeness (QED) is 0.891. The molecule has 1 aromatic rings. The van der Waals surface area contributed by atoms with Gasteiger partial charge in [0.05, 0.1) is 0 Å². The highest BCUT2D eigenvalue weighted by atomic mass is 19.4. The highest BCUT2D eigenvalue weighted by molar-refractivity contribution is 5.44. The molecule has 7 heteroatoms. The summed E-state index contributed by atoms with van der Waals surface area (Å²) < 4.78 is 37.6. The Balaban J connectivity index is 3.14. The molecule has 2 N–H and O–H groups in total.